The molecule has 1 saturated carbocycles. The van der Waals surface area contributed by atoms with Crippen molar-refractivity contribution in [1.29, 1.82) is 0 Å². The van der Waals surface area contributed by atoms with Gasteiger partial charge in [-0.1, -0.05) is 54.9 Å². The Hall–Kier alpha value is 0. The standard InChI is InChI=1S/C14H28/c1-8-12-13(10(4)5)14(12,7)11(6)9(2)3/h9-13H,8H2,1-7H3. The summed E-state index contributed by atoms with van der Waals surface area (Å²) in [4.78, 5) is 0. The molecule has 14 heavy (non-hydrogen) atoms. The molecule has 1 aliphatic carbocycles. The molecule has 4 atom stereocenters. The zero-order chi connectivity index (χ0) is 11.1. The van der Waals surface area contributed by atoms with Gasteiger partial charge in [0.15, 0.2) is 0 Å². The fourth-order valence-corrected chi connectivity index (χ4v) is 3.90. The van der Waals surface area contributed by atoms with Crippen LogP contribution in [0.3, 0.4) is 0 Å². The van der Waals surface area contributed by atoms with Crippen LogP contribution in [0.4, 0.5) is 0 Å². The van der Waals surface area contributed by atoms with Crippen LogP contribution >= 0.6 is 0 Å². The molecule has 1 fully saturated rings. The van der Waals surface area contributed by atoms with Crippen LogP contribution in [0.1, 0.15) is 54.9 Å². The highest BCUT2D eigenvalue weighted by molar-refractivity contribution is 5.10. The summed E-state index contributed by atoms with van der Waals surface area (Å²) in [6.45, 7) is 16.9. The predicted molar refractivity (Wildman–Crippen MR) is 64.2 cm³/mol. The average Bonchev–Trinajstić information content (AvgIpc) is 2.71. The summed E-state index contributed by atoms with van der Waals surface area (Å²) in [6.07, 6.45) is 1.37. The Balaban J connectivity index is 2.76. The first kappa shape index (κ1) is 12.1. The normalized spacial score (nSPS) is 39.2. The van der Waals surface area contributed by atoms with Crippen molar-refractivity contribution in [3.05, 3.63) is 0 Å². The Morgan fingerprint density at radius 3 is 1.79 bits per heavy atom. The van der Waals surface area contributed by atoms with Crippen molar-refractivity contribution in [2.45, 2.75) is 54.9 Å². The van der Waals surface area contributed by atoms with Gasteiger partial charge in [0.2, 0.25) is 0 Å². The minimum absolute atomic E-state index is 0.636. The molecule has 1 aliphatic rings. The minimum atomic E-state index is 0.636. The highest BCUT2D eigenvalue weighted by Crippen LogP contribution is 2.68. The first-order valence-corrected chi connectivity index (χ1v) is 6.37. The molecule has 0 spiro atoms. The van der Waals surface area contributed by atoms with Gasteiger partial charge in [-0.15, -0.1) is 0 Å². The molecule has 0 amide bonds. The third-order valence-corrected chi connectivity index (χ3v) is 4.98. The third-order valence-electron chi connectivity index (χ3n) is 4.98. The molecule has 0 heterocycles. The predicted octanol–water partition coefficient (Wildman–Crippen LogP) is 4.60. The molecule has 0 aliphatic heterocycles. The molecule has 1 rings (SSSR count). The molecule has 0 heteroatoms. The minimum Gasteiger partial charge on any atom is -0.0651 e. The summed E-state index contributed by atoms with van der Waals surface area (Å²) in [5.41, 5.74) is 0.636. The Morgan fingerprint density at radius 1 is 1.07 bits per heavy atom. The van der Waals surface area contributed by atoms with Crippen molar-refractivity contribution in [2.75, 3.05) is 0 Å². The lowest BCUT2D eigenvalue weighted by molar-refractivity contribution is 0.226. The van der Waals surface area contributed by atoms with Gasteiger partial charge in [0, 0.05) is 0 Å². The second kappa shape index (κ2) is 3.87. The molecular weight excluding hydrogens is 168 g/mol. The molecule has 0 aromatic carbocycles. The molecule has 0 aromatic rings. The molecular formula is C14H28. The summed E-state index contributed by atoms with van der Waals surface area (Å²) >= 11 is 0. The van der Waals surface area contributed by atoms with Crippen molar-refractivity contribution in [1.82, 2.24) is 0 Å². The Labute approximate surface area is 90.5 Å². The van der Waals surface area contributed by atoms with E-state index in [0.717, 1.165) is 29.6 Å². The highest BCUT2D eigenvalue weighted by Gasteiger charge is 2.63. The van der Waals surface area contributed by atoms with Gasteiger partial charge < -0.3 is 0 Å². The lowest BCUT2D eigenvalue weighted by Gasteiger charge is -2.26. The van der Waals surface area contributed by atoms with Crippen LogP contribution in [0.5, 0.6) is 0 Å². The molecule has 0 N–H and O–H groups in total. The van der Waals surface area contributed by atoms with Gasteiger partial charge >= 0.3 is 0 Å². The topological polar surface area (TPSA) is 0 Å². The van der Waals surface area contributed by atoms with E-state index >= 15 is 0 Å². The van der Waals surface area contributed by atoms with Gasteiger partial charge in [0.1, 0.15) is 0 Å². The number of rotatable bonds is 4. The van der Waals surface area contributed by atoms with E-state index in [0.29, 0.717) is 5.41 Å². The lowest BCUT2D eigenvalue weighted by Crippen LogP contribution is -2.19. The second-order valence-electron chi connectivity index (χ2n) is 6.18. The van der Waals surface area contributed by atoms with Crippen molar-refractivity contribution in [3.8, 4) is 0 Å². The van der Waals surface area contributed by atoms with E-state index in [4.69, 9.17) is 0 Å². The monoisotopic (exact) mass is 196 g/mol. The van der Waals surface area contributed by atoms with E-state index in [2.05, 4.69) is 48.5 Å². The summed E-state index contributed by atoms with van der Waals surface area (Å²) in [6, 6.07) is 0. The van der Waals surface area contributed by atoms with Gasteiger partial charge in [0.05, 0.1) is 0 Å². The highest BCUT2D eigenvalue weighted by atomic mass is 14.7. The van der Waals surface area contributed by atoms with Crippen LogP contribution in [0.15, 0.2) is 0 Å². The zero-order valence-electron chi connectivity index (χ0n) is 11.1. The fraction of sp³-hybridized carbons (Fsp3) is 1.00. The summed E-state index contributed by atoms with van der Waals surface area (Å²) in [5, 5.41) is 0. The quantitative estimate of drug-likeness (QED) is 0.616. The van der Waals surface area contributed by atoms with E-state index in [9.17, 15) is 0 Å². The second-order valence-corrected chi connectivity index (χ2v) is 6.18. The Kier molecular flexibility index (Phi) is 3.33. The van der Waals surface area contributed by atoms with Crippen LogP contribution in [0, 0.1) is 35.0 Å². The number of hydrogen-bond acceptors (Lipinski definition) is 0. The Bertz CT molecular complexity index is 192. The van der Waals surface area contributed by atoms with Gasteiger partial charge in [-0.05, 0) is 35.0 Å². The van der Waals surface area contributed by atoms with Crippen LogP contribution in [0.25, 0.3) is 0 Å². The van der Waals surface area contributed by atoms with Crippen molar-refractivity contribution in [2.24, 2.45) is 35.0 Å². The molecule has 0 bridgehead atoms. The van der Waals surface area contributed by atoms with E-state index < -0.39 is 0 Å². The first-order valence-electron chi connectivity index (χ1n) is 6.37. The van der Waals surface area contributed by atoms with Gasteiger partial charge in [-0.25, -0.2) is 0 Å². The summed E-state index contributed by atoms with van der Waals surface area (Å²) in [5.74, 6) is 4.54. The largest absolute Gasteiger partial charge is 0.0651 e. The maximum absolute atomic E-state index is 2.52. The third kappa shape index (κ3) is 1.61. The van der Waals surface area contributed by atoms with E-state index in [1.54, 1.807) is 0 Å². The molecule has 0 saturated heterocycles. The van der Waals surface area contributed by atoms with E-state index in [-0.39, 0.29) is 0 Å². The summed E-state index contributed by atoms with van der Waals surface area (Å²) < 4.78 is 0. The average molecular weight is 196 g/mol. The van der Waals surface area contributed by atoms with Crippen molar-refractivity contribution < 1.29 is 0 Å². The first-order chi connectivity index (χ1) is 6.37. The van der Waals surface area contributed by atoms with E-state index in [1.807, 2.05) is 0 Å². The van der Waals surface area contributed by atoms with Gasteiger partial charge in [-0.3, -0.25) is 0 Å². The Morgan fingerprint density at radius 2 is 1.57 bits per heavy atom. The fourth-order valence-electron chi connectivity index (χ4n) is 3.90. The molecule has 4 unspecified atom stereocenters. The molecule has 0 nitrogen and oxygen atoms in total. The van der Waals surface area contributed by atoms with Gasteiger partial charge in [0.25, 0.3) is 0 Å². The zero-order valence-corrected chi connectivity index (χ0v) is 11.1. The smallest absolute Gasteiger partial charge is 0.0233 e. The number of hydrogen-bond donors (Lipinski definition) is 0. The van der Waals surface area contributed by atoms with Crippen molar-refractivity contribution >= 4 is 0 Å². The molecule has 0 radical (unpaired) electrons. The maximum Gasteiger partial charge on any atom is -0.0233 e. The van der Waals surface area contributed by atoms with Gasteiger partial charge in [-0.2, -0.15) is 0 Å². The van der Waals surface area contributed by atoms with Crippen LogP contribution in [-0.2, 0) is 0 Å². The van der Waals surface area contributed by atoms with Crippen LogP contribution < -0.4 is 0 Å². The maximum atomic E-state index is 2.52. The van der Waals surface area contributed by atoms with E-state index in [1.165, 1.54) is 6.42 Å². The van der Waals surface area contributed by atoms with Crippen LogP contribution in [-0.4, -0.2) is 0 Å². The SMILES string of the molecule is CCC1C(C(C)C)C1(C)C(C)C(C)C. The lowest BCUT2D eigenvalue weighted by atomic mass is 9.79. The molecule has 0 aromatic heterocycles. The molecule has 84 valence electrons. The summed E-state index contributed by atoms with van der Waals surface area (Å²) in [7, 11) is 0. The van der Waals surface area contributed by atoms with Crippen molar-refractivity contribution in [3.63, 3.8) is 0 Å². The van der Waals surface area contributed by atoms with Crippen LogP contribution in [0.2, 0.25) is 0 Å².